The molecular formula is C30H44O10. The van der Waals surface area contributed by atoms with Crippen molar-refractivity contribution in [2.45, 2.75) is 84.1 Å². The Balaban J connectivity index is 1.51. The molecule has 1 aliphatic heterocycles. The highest BCUT2D eigenvalue weighted by Crippen LogP contribution is 2.82. The first-order chi connectivity index (χ1) is 18.9. The van der Waals surface area contributed by atoms with Crippen LogP contribution in [-0.2, 0) is 38.1 Å². The van der Waals surface area contributed by atoms with Gasteiger partial charge in [-0.15, -0.1) is 0 Å². The van der Waals surface area contributed by atoms with E-state index >= 15 is 0 Å². The number of hydrogen-bond acceptors (Lipinski definition) is 9. The van der Waals surface area contributed by atoms with Crippen molar-refractivity contribution in [3.05, 3.63) is 11.6 Å². The van der Waals surface area contributed by atoms with Gasteiger partial charge in [-0.2, -0.15) is 0 Å². The van der Waals surface area contributed by atoms with Gasteiger partial charge in [-0.1, -0.05) is 38.8 Å². The van der Waals surface area contributed by atoms with Crippen molar-refractivity contribution in [2.24, 2.45) is 45.8 Å². The summed E-state index contributed by atoms with van der Waals surface area (Å²) >= 11 is 0. The first-order valence-corrected chi connectivity index (χ1v) is 14.5. The number of methoxy groups -OCH3 is 2. The Morgan fingerprint density at radius 2 is 1.90 bits per heavy atom. The summed E-state index contributed by atoms with van der Waals surface area (Å²) in [4.78, 5) is 39.1. The molecule has 3 saturated carbocycles. The average Bonchev–Trinajstić information content (AvgIpc) is 3.47. The molecule has 5 rings (SSSR count). The molecule has 12 atom stereocenters. The van der Waals surface area contributed by atoms with E-state index in [4.69, 9.17) is 23.7 Å². The highest BCUT2D eigenvalue weighted by molar-refractivity contribution is 5.90. The summed E-state index contributed by atoms with van der Waals surface area (Å²) < 4.78 is 28.3. The van der Waals surface area contributed by atoms with E-state index < -0.39 is 58.9 Å². The van der Waals surface area contributed by atoms with Gasteiger partial charge in [-0.25, -0.2) is 4.79 Å². The average molecular weight is 565 g/mol. The normalized spacial score (nSPS) is 47.2. The molecule has 0 spiro atoms. The Morgan fingerprint density at radius 1 is 1.18 bits per heavy atom. The summed E-state index contributed by atoms with van der Waals surface area (Å²) in [6.45, 7) is 7.64. The van der Waals surface area contributed by atoms with Gasteiger partial charge in [0, 0.05) is 19.6 Å². The van der Waals surface area contributed by atoms with Crippen molar-refractivity contribution in [1.82, 2.24) is 0 Å². The second kappa shape index (κ2) is 10.5. The number of hydrogen-bond donors (Lipinski definition) is 2. The number of fused-ring (bicyclic) bond motifs is 2. The van der Waals surface area contributed by atoms with Gasteiger partial charge in [-0.3, -0.25) is 4.79 Å². The SMILES string of the molecule is COCC(=O)O[C@H]1[C@H](O)[C@H](OCC23C[C@@H]4[C@H](C)CC[C@H]4C4(C=O)CC2C=C(C(C)C)C34C(=O)O)O[C@H](C)[C@H]1OC. The largest absolute Gasteiger partial charge is 0.481 e. The summed E-state index contributed by atoms with van der Waals surface area (Å²) in [5.41, 5.74) is -2.45. The van der Waals surface area contributed by atoms with Crippen LogP contribution in [0.3, 0.4) is 0 Å². The Bertz CT molecular complexity index is 1060. The maximum Gasteiger partial charge on any atom is 0.332 e. The number of carbonyl (C=O) groups is 3. The molecule has 4 aliphatic carbocycles. The fourth-order valence-corrected chi connectivity index (χ4v) is 9.75. The number of carboxylic acids is 1. The molecule has 40 heavy (non-hydrogen) atoms. The van der Waals surface area contributed by atoms with Gasteiger partial charge in [0.25, 0.3) is 0 Å². The quantitative estimate of drug-likeness (QED) is 0.231. The minimum Gasteiger partial charge on any atom is -0.481 e. The van der Waals surface area contributed by atoms with Crippen molar-refractivity contribution in [2.75, 3.05) is 27.4 Å². The van der Waals surface area contributed by atoms with Crippen molar-refractivity contribution >= 4 is 18.2 Å². The first kappa shape index (κ1) is 29.6. The Morgan fingerprint density at radius 3 is 2.50 bits per heavy atom. The van der Waals surface area contributed by atoms with Crippen LogP contribution < -0.4 is 0 Å². The molecule has 0 aromatic carbocycles. The molecule has 0 aromatic heterocycles. The Hall–Kier alpha value is -1.85. The molecule has 4 bridgehead atoms. The monoisotopic (exact) mass is 564 g/mol. The summed E-state index contributed by atoms with van der Waals surface area (Å²) in [7, 11) is 2.82. The summed E-state index contributed by atoms with van der Waals surface area (Å²) in [6, 6.07) is 0. The van der Waals surface area contributed by atoms with Crippen LogP contribution >= 0.6 is 0 Å². The molecule has 0 amide bonds. The smallest absolute Gasteiger partial charge is 0.332 e. The van der Waals surface area contributed by atoms with E-state index in [1.807, 2.05) is 13.8 Å². The highest BCUT2D eigenvalue weighted by atomic mass is 16.7. The molecule has 4 unspecified atom stereocenters. The van der Waals surface area contributed by atoms with E-state index in [9.17, 15) is 24.6 Å². The number of aldehydes is 1. The summed E-state index contributed by atoms with van der Waals surface area (Å²) in [5.74, 6) is -1.23. The topological polar surface area (TPSA) is 138 Å². The standard InChI is InChI=1S/C30H44O10/c1-15(2)21-9-18-10-28(13-31)20-8-7-16(3)19(20)11-29(18,30(21,28)27(34)35)14-38-26-23(33)25(40-22(32)12-36-5)24(37-6)17(4)39-26/h9,13,15-20,23-26,33H,7-8,10-12,14H2,1-6H3,(H,34,35)/t16-,17-,18?,19-,20-,23+,24-,25+,26-,28?,29?,30?/m1/s1. The predicted molar refractivity (Wildman–Crippen MR) is 141 cm³/mol. The number of ether oxygens (including phenoxy) is 5. The van der Waals surface area contributed by atoms with E-state index in [1.54, 1.807) is 6.92 Å². The van der Waals surface area contributed by atoms with Crippen molar-refractivity contribution in [1.29, 1.82) is 0 Å². The van der Waals surface area contributed by atoms with Gasteiger partial charge < -0.3 is 38.7 Å². The lowest BCUT2D eigenvalue weighted by Gasteiger charge is -2.58. The maximum atomic E-state index is 13.6. The number of carbonyl (C=O) groups excluding carboxylic acids is 2. The summed E-state index contributed by atoms with van der Waals surface area (Å²) in [5, 5.41) is 22.4. The molecular weight excluding hydrogens is 520 g/mol. The second-order valence-electron chi connectivity index (χ2n) is 13.1. The van der Waals surface area contributed by atoms with Crippen LogP contribution in [0.25, 0.3) is 0 Å². The number of rotatable bonds is 10. The molecule has 2 N–H and O–H groups in total. The van der Waals surface area contributed by atoms with Crippen LogP contribution in [0.5, 0.6) is 0 Å². The number of aliphatic carboxylic acids is 1. The molecule has 0 aromatic rings. The van der Waals surface area contributed by atoms with Gasteiger partial charge in [0.1, 0.15) is 30.5 Å². The van der Waals surface area contributed by atoms with Gasteiger partial charge in [0.2, 0.25) is 0 Å². The Labute approximate surface area is 235 Å². The van der Waals surface area contributed by atoms with E-state index in [0.717, 1.165) is 24.7 Å². The van der Waals surface area contributed by atoms with E-state index in [2.05, 4.69) is 13.0 Å². The minimum absolute atomic E-state index is 0.00690. The third-order valence-corrected chi connectivity index (χ3v) is 11.2. The molecule has 0 radical (unpaired) electrons. The maximum absolute atomic E-state index is 13.6. The number of aliphatic hydroxyl groups excluding tert-OH is 1. The molecule has 1 saturated heterocycles. The number of esters is 1. The molecule has 4 fully saturated rings. The molecule has 10 nitrogen and oxygen atoms in total. The van der Waals surface area contributed by atoms with E-state index in [1.165, 1.54) is 14.2 Å². The zero-order chi connectivity index (χ0) is 29.2. The zero-order valence-corrected chi connectivity index (χ0v) is 24.3. The first-order valence-electron chi connectivity index (χ1n) is 14.5. The molecule has 10 heteroatoms. The van der Waals surface area contributed by atoms with E-state index in [0.29, 0.717) is 18.8 Å². The van der Waals surface area contributed by atoms with Crippen LogP contribution in [0.15, 0.2) is 11.6 Å². The number of allylic oxidation sites excluding steroid dienone is 1. The van der Waals surface area contributed by atoms with Gasteiger partial charge >= 0.3 is 11.9 Å². The highest BCUT2D eigenvalue weighted by Gasteiger charge is 2.84. The third-order valence-electron chi connectivity index (χ3n) is 11.2. The van der Waals surface area contributed by atoms with Gasteiger partial charge in [-0.05, 0) is 55.8 Å². The number of aliphatic hydroxyl groups is 1. The lowest BCUT2D eigenvalue weighted by molar-refractivity contribution is -0.309. The van der Waals surface area contributed by atoms with E-state index in [-0.39, 0.29) is 36.9 Å². The Kier molecular flexibility index (Phi) is 7.74. The molecule has 224 valence electrons. The van der Waals surface area contributed by atoms with Crippen LogP contribution in [0.1, 0.15) is 53.4 Å². The van der Waals surface area contributed by atoms with Crippen molar-refractivity contribution < 1.29 is 48.3 Å². The third kappa shape index (κ3) is 3.75. The fourth-order valence-electron chi connectivity index (χ4n) is 9.75. The van der Waals surface area contributed by atoms with Crippen LogP contribution in [-0.4, -0.2) is 86.6 Å². The lowest BCUT2D eigenvalue weighted by atomic mass is 9.43. The molecule has 5 aliphatic rings. The fraction of sp³-hybridized carbons (Fsp3) is 0.833. The lowest BCUT2D eigenvalue weighted by Crippen LogP contribution is -2.64. The van der Waals surface area contributed by atoms with Crippen molar-refractivity contribution in [3.8, 4) is 0 Å². The zero-order valence-electron chi connectivity index (χ0n) is 24.3. The van der Waals surface area contributed by atoms with Crippen LogP contribution in [0, 0.1) is 45.8 Å². The minimum atomic E-state index is -1.39. The van der Waals surface area contributed by atoms with Crippen LogP contribution in [0.2, 0.25) is 0 Å². The van der Waals surface area contributed by atoms with Crippen LogP contribution in [0.4, 0.5) is 0 Å². The predicted octanol–water partition coefficient (Wildman–Crippen LogP) is 2.61. The summed E-state index contributed by atoms with van der Waals surface area (Å²) in [6.07, 6.45) is 1.05. The molecule has 1 heterocycles. The van der Waals surface area contributed by atoms with Crippen molar-refractivity contribution in [3.63, 3.8) is 0 Å². The van der Waals surface area contributed by atoms with Gasteiger partial charge in [0.15, 0.2) is 12.4 Å². The number of carboxylic acid groups (broad SMARTS) is 1. The second-order valence-corrected chi connectivity index (χ2v) is 13.1. The van der Waals surface area contributed by atoms with Gasteiger partial charge in [0.05, 0.1) is 18.1 Å².